The Morgan fingerprint density at radius 2 is 2.06 bits per heavy atom. The molecule has 9 nitrogen and oxygen atoms in total. The number of hydrogen-bond acceptors (Lipinski definition) is 7. The van der Waals surface area contributed by atoms with Crippen LogP contribution in [0.15, 0.2) is 60.8 Å². The van der Waals surface area contributed by atoms with Gasteiger partial charge in [-0.3, -0.25) is 9.78 Å². The van der Waals surface area contributed by atoms with E-state index in [-0.39, 0.29) is 12.0 Å². The molecule has 4 heterocycles. The number of aromatic nitrogens is 5. The number of para-hydroxylation sites is 1. The summed E-state index contributed by atoms with van der Waals surface area (Å²) in [5.41, 5.74) is 2.63. The Morgan fingerprint density at radius 3 is 2.88 bits per heavy atom. The van der Waals surface area contributed by atoms with E-state index in [0.717, 1.165) is 31.0 Å². The van der Waals surface area contributed by atoms with Gasteiger partial charge in [0.25, 0.3) is 5.91 Å². The molecule has 1 saturated heterocycles. The van der Waals surface area contributed by atoms with Gasteiger partial charge in [0, 0.05) is 37.6 Å². The Morgan fingerprint density at radius 1 is 1.19 bits per heavy atom. The van der Waals surface area contributed by atoms with Crippen molar-refractivity contribution in [2.45, 2.75) is 18.9 Å². The number of nitrogens with one attached hydrogen (secondary N) is 1. The van der Waals surface area contributed by atoms with E-state index in [0.29, 0.717) is 29.3 Å². The largest absolute Gasteiger partial charge is 0.376 e. The van der Waals surface area contributed by atoms with Crippen molar-refractivity contribution in [3.8, 4) is 11.5 Å². The highest BCUT2D eigenvalue weighted by molar-refractivity contribution is 5.94. The smallest absolute Gasteiger partial charge is 0.251 e. The number of hydrogen-bond donors (Lipinski definition) is 1. The zero-order valence-electron chi connectivity index (χ0n) is 17.7. The highest BCUT2D eigenvalue weighted by Gasteiger charge is 2.18. The summed E-state index contributed by atoms with van der Waals surface area (Å²) in [6, 6.07) is 17.1. The summed E-state index contributed by atoms with van der Waals surface area (Å²) in [5, 5.41) is 16.1. The van der Waals surface area contributed by atoms with Gasteiger partial charge in [-0.2, -0.15) is 4.52 Å². The summed E-state index contributed by atoms with van der Waals surface area (Å²) in [6.07, 6.45) is 3.69. The molecule has 162 valence electrons. The van der Waals surface area contributed by atoms with Gasteiger partial charge in [0.15, 0.2) is 11.5 Å². The topological polar surface area (TPSA) is 97.5 Å². The van der Waals surface area contributed by atoms with Gasteiger partial charge in [0.2, 0.25) is 5.82 Å². The zero-order valence-corrected chi connectivity index (χ0v) is 17.7. The van der Waals surface area contributed by atoms with Crippen LogP contribution >= 0.6 is 0 Å². The summed E-state index contributed by atoms with van der Waals surface area (Å²) in [5.74, 6) is 1.03. The standard InChI is InChI=1S/C23H23N7O2/c1-29(17-6-3-2-4-7-17)21-10-9-20-26-27-22(30(20)28-21)19-14-16(11-12-24-19)23(31)25-15-18-8-5-13-32-18/h2-4,6-7,9-12,14,18H,5,8,13,15H2,1H3,(H,25,31). The Kier molecular flexibility index (Phi) is 5.47. The van der Waals surface area contributed by atoms with Crippen molar-refractivity contribution in [2.24, 2.45) is 0 Å². The van der Waals surface area contributed by atoms with Gasteiger partial charge in [0.05, 0.1) is 6.10 Å². The molecule has 0 spiro atoms. The molecule has 1 atom stereocenters. The first-order chi connectivity index (χ1) is 15.7. The molecular weight excluding hydrogens is 406 g/mol. The minimum absolute atomic E-state index is 0.0879. The number of rotatable bonds is 6. The average Bonchev–Trinajstić information content (AvgIpc) is 3.52. The van der Waals surface area contributed by atoms with Crippen molar-refractivity contribution in [1.82, 2.24) is 30.1 Å². The van der Waals surface area contributed by atoms with Crippen LogP contribution in [-0.4, -0.2) is 57.0 Å². The Balaban J connectivity index is 1.42. The lowest BCUT2D eigenvalue weighted by Crippen LogP contribution is -2.31. The van der Waals surface area contributed by atoms with Gasteiger partial charge in [-0.15, -0.1) is 15.3 Å². The van der Waals surface area contributed by atoms with Crippen LogP contribution < -0.4 is 10.2 Å². The Bertz CT molecular complexity index is 1240. The fourth-order valence-electron chi connectivity index (χ4n) is 3.71. The molecule has 0 saturated carbocycles. The van der Waals surface area contributed by atoms with Gasteiger partial charge in [-0.25, -0.2) is 0 Å². The van der Waals surface area contributed by atoms with Gasteiger partial charge in [-0.05, 0) is 49.2 Å². The molecule has 1 aromatic carbocycles. The highest BCUT2D eigenvalue weighted by atomic mass is 16.5. The SMILES string of the molecule is CN(c1ccccc1)c1ccc2nnc(-c3cc(C(=O)NCC4CCCO4)ccn3)n2n1. The van der Waals surface area contributed by atoms with Crippen LogP contribution in [-0.2, 0) is 4.74 Å². The van der Waals surface area contributed by atoms with E-state index in [9.17, 15) is 4.79 Å². The summed E-state index contributed by atoms with van der Waals surface area (Å²) in [7, 11) is 1.95. The number of fused-ring (bicyclic) bond motifs is 1. The van der Waals surface area contributed by atoms with E-state index in [2.05, 4.69) is 20.5 Å². The number of carbonyl (C=O) groups excluding carboxylic acids is 1. The molecule has 1 unspecified atom stereocenters. The third kappa shape index (κ3) is 4.02. The zero-order chi connectivity index (χ0) is 21.9. The summed E-state index contributed by atoms with van der Waals surface area (Å²) < 4.78 is 7.22. The van der Waals surface area contributed by atoms with Gasteiger partial charge in [0.1, 0.15) is 5.69 Å². The van der Waals surface area contributed by atoms with Gasteiger partial charge < -0.3 is 15.0 Å². The normalized spacial score (nSPS) is 15.7. The van der Waals surface area contributed by atoms with Crippen LogP contribution in [0.1, 0.15) is 23.2 Å². The predicted molar refractivity (Wildman–Crippen MR) is 120 cm³/mol. The lowest BCUT2D eigenvalue weighted by atomic mass is 10.2. The molecule has 5 rings (SSSR count). The quantitative estimate of drug-likeness (QED) is 0.503. The van der Waals surface area contributed by atoms with E-state index >= 15 is 0 Å². The molecule has 4 aromatic rings. The third-order valence-corrected chi connectivity index (χ3v) is 5.50. The van der Waals surface area contributed by atoms with E-state index in [1.165, 1.54) is 0 Å². The number of anilines is 2. The van der Waals surface area contributed by atoms with Crippen molar-refractivity contribution in [2.75, 3.05) is 25.1 Å². The second-order valence-electron chi connectivity index (χ2n) is 7.65. The first-order valence-electron chi connectivity index (χ1n) is 10.6. The second kappa shape index (κ2) is 8.72. The first-order valence-corrected chi connectivity index (χ1v) is 10.6. The number of pyridine rings is 1. The molecule has 9 heteroatoms. The van der Waals surface area contributed by atoms with Crippen LogP contribution in [0.3, 0.4) is 0 Å². The fraction of sp³-hybridized carbons (Fsp3) is 0.261. The van der Waals surface area contributed by atoms with Crippen LogP contribution in [0.2, 0.25) is 0 Å². The monoisotopic (exact) mass is 429 g/mol. The second-order valence-corrected chi connectivity index (χ2v) is 7.65. The molecule has 1 aliphatic rings. The molecule has 0 bridgehead atoms. The van der Waals surface area contributed by atoms with Crippen LogP contribution in [0.5, 0.6) is 0 Å². The summed E-state index contributed by atoms with van der Waals surface area (Å²) in [6.45, 7) is 1.26. The number of nitrogens with zero attached hydrogens (tertiary/aromatic N) is 6. The minimum Gasteiger partial charge on any atom is -0.376 e. The molecule has 1 N–H and O–H groups in total. The summed E-state index contributed by atoms with van der Waals surface area (Å²) in [4.78, 5) is 19.0. The van der Waals surface area contributed by atoms with E-state index in [4.69, 9.17) is 9.84 Å². The van der Waals surface area contributed by atoms with Crippen molar-refractivity contribution in [3.63, 3.8) is 0 Å². The van der Waals surface area contributed by atoms with Gasteiger partial charge >= 0.3 is 0 Å². The molecule has 32 heavy (non-hydrogen) atoms. The maximum atomic E-state index is 12.6. The Labute approximate surface area is 185 Å². The minimum atomic E-state index is -0.171. The number of ether oxygens (including phenoxy) is 1. The molecule has 1 fully saturated rings. The lowest BCUT2D eigenvalue weighted by Gasteiger charge is -2.18. The van der Waals surface area contributed by atoms with Crippen LogP contribution in [0.4, 0.5) is 11.5 Å². The van der Waals surface area contributed by atoms with Crippen LogP contribution in [0.25, 0.3) is 17.2 Å². The third-order valence-electron chi connectivity index (χ3n) is 5.50. The fourth-order valence-corrected chi connectivity index (χ4v) is 3.71. The number of carbonyl (C=O) groups is 1. The van der Waals surface area contributed by atoms with Gasteiger partial charge in [-0.1, -0.05) is 18.2 Å². The van der Waals surface area contributed by atoms with Crippen molar-refractivity contribution in [3.05, 3.63) is 66.4 Å². The molecule has 1 aliphatic heterocycles. The maximum Gasteiger partial charge on any atom is 0.251 e. The first kappa shape index (κ1) is 20.1. The predicted octanol–water partition coefficient (Wildman–Crippen LogP) is 2.86. The molecule has 0 aliphatic carbocycles. The number of amides is 1. The van der Waals surface area contributed by atoms with Crippen LogP contribution in [0, 0.1) is 0 Å². The molecule has 0 radical (unpaired) electrons. The molecular formula is C23H23N7O2. The van der Waals surface area contributed by atoms with Crippen molar-refractivity contribution in [1.29, 1.82) is 0 Å². The van der Waals surface area contributed by atoms with E-state index in [1.54, 1.807) is 22.8 Å². The average molecular weight is 429 g/mol. The molecule has 3 aromatic heterocycles. The number of benzene rings is 1. The summed E-state index contributed by atoms with van der Waals surface area (Å²) >= 11 is 0. The highest BCUT2D eigenvalue weighted by Crippen LogP contribution is 2.23. The van der Waals surface area contributed by atoms with E-state index in [1.807, 2.05) is 54.4 Å². The lowest BCUT2D eigenvalue weighted by molar-refractivity contribution is 0.0857. The van der Waals surface area contributed by atoms with E-state index < -0.39 is 0 Å². The van der Waals surface area contributed by atoms with Crippen molar-refractivity contribution < 1.29 is 9.53 Å². The molecule has 1 amide bonds. The Hall–Kier alpha value is -3.85. The maximum absolute atomic E-state index is 12.6. The van der Waals surface area contributed by atoms with Crippen molar-refractivity contribution >= 4 is 23.1 Å².